The van der Waals surface area contributed by atoms with Crippen LogP contribution in [0.25, 0.3) is 11.1 Å². The van der Waals surface area contributed by atoms with Gasteiger partial charge in [0.05, 0.1) is 19.4 Å². The molecule has 3 N–H and O–H groups in total. The number of aliphatic carboxylic acids is 1. The van der Waals surface area contributed by atoms with Crippen molar-refractivity contribution in [3.05, 3.63) is 59.7 Å². The van der Waals surface area contributed by atoms with Crippen molar-refractivity contribution in [3.63, 3.8) is 0 Å². The van der Waals surface area contributed by atoms with Crippen LogP contribution in [0.15, 0.2) is 48.5 Å². The number of carboxylic acid groups (broad SMARTS) is 1. The lowest BCUT2D eigenvalue weighted by Crippen LogP contribution is -2.47. The molecule has 0 radical (unpaired) electrons. The first-order valence-corrected chi connectivity index (χ1v) is 11.0. The molecule has 2 atom stereocenters. The van der Waals surface area contributed by atoms with E-state index in [1.165, 1.54) is 0 Å². The van der Waals surface area contributed by atoms with E-state index in [-0.39, 0.29) is 19.1 Å². The van der Waals surface area contributed by atoms with E-state index < -0.39 is 42.3 Å². The highest BCUT2D eigenvalue weighted by atomic mass is 16.5. The Morgan fingerprint density at radius 3 is 2.12 bits per heavy atom. The first-order valence-electron chi connectivity index (χ1n) is 11.0. The van der Waals surface area contributed by atoms with E-state index in [4.69, 9.17) is 4.74 Å². The summed E-state index contributed by atoms with van der Waals surface area (Å²) in [5, 5.41) is 14.1. The summed E-state index contributed by atoms with van der Waals surface area (Å²) in [6.45, 7) is 1.84. The Labute approximate surface area is 197 Å². The zero-order valence-electron chi connectivity index (χ0n) is 19.1. The van der Waals surface area contributed by atoms with Gasteiger partial charge in [-0.2, -0.15) is 0 Å². The molecule has 0 fully saturated rings. The number of methoxy groups -OCH3 is 1. The standard InChI is InChI=1S/C25H28N2O7/c1-3-15(23(29)27-21(24(30)31)12-22(28)33-2)13-26-25(32)34-14-20-18-10-6-4-8-16(18)17-9-5-7-11-19(17)20/h4-11,15,20-21H,3,12-14H2,1-2H3,(H,26,32)(H,27,29)(H,30,31)/t15?,21-/m0/s1. The molecular weight excluding hydrogens is 440 g/mol. The molecule has 0 saturated heterocycles. The quantitative estimate of drug-likeness (QED) is 0.457. The van der Waals surface area contributed by atoms with Crippen LogP contribution in [0, 0.1) is 5.92 Å². The molecule has 1 aliphatic rings. The number of carbonyl (C=O) groups excluding carboxylic acids is 3. The fraction of sp³-hybridized carbons (Fsp3) is 0.360. The van der Waals surface area contributed by atoms with E-state index in [1.54, 1.807) is 6.92 Å². The molecule has 0 aromatic heterocycles. The Morgan fingerprint density at radius 2 is 1.59 bits per heavy atom. The average Bonchev–Trinajstić information content (AvgIpc) is 3.16. The van der Waals surface area contributed by atoms with Gasteiger partial charge in [-0.05, 0) is 28.7 Å². The molecule has 0 saturated carbocycles. The van der Waals surface area contributed by atoms with E-state index in [1.807, 2.05) is 48.5 Å². The second-order valence-corrected chi connectivity index (χ2v) is 7.99. The fourth-order valence-corrected chi connectivity index (χ4v) is 4.02. The summed E-state index contributed by atoms with van der Waals surface area (Å²) in [6.07, 6.45) is -0.814. The molecule has 1 unspecified atom stereocenters. The first kappa shape index (κ1) is 24.8. The van der Waals surface area contributed by atoms with Gasteiger partial charge < -0.3 is 25.2 Å². The van der Waals surface area contributed by atoms with Gasteiger partial charge in [-0.25, -0.2) is 9.59 Å². The number of esters is 1. The van der Waals surface area contributed by atoms with Gasteiger partial charge in [0.25, 0.3) is 0 Å². The molecule has 1 aliphatic carbocycles. The van der Waals surface area contributed by atoms with E-state index >= 15 is 0 Å². The molecule has 9 nitrogen and oxygen atoms in total. The van der Waals surface area contributed by atoms with E-state index in [9.17, 15) is 24.3 Å². The van der Waals surface area contributed by atoms with Gasteiger partial charge >= 0.3 is 18.0 Å². The predicted octanol–water partition coefficient (Wildman–Crippen LogP) is 2.68. The maximum atomic E-state index is 12.5. The van der Waals surface area contributed by atoms with Crippen molar-refractivity contribution >= 4 is 23.9 Å². The topological polar surface area (TPSA) is 131 Å². The highest BCUT2D eigenvalue weighted by Gasteiger charge is 2.30. The summed E-state index contributed by atoms with van der Waals surface area (Å²) in [7, 11) is 1.14. The number of fused-ring (bicyclic) bond motifs is 3. The van der Waals surface area contributed by atoms with E-state index in [0.29, 0.717) is 6.42 Å². The summed E-state index contributed by atoms with van der Waals surface area (Å²) in [5.41, 5.74) is 4.42. The number of carbonyl (C=O) groups is 4. The average molecular weight is 469 g/mol. The molecule has 0 spiro atoms. The molecule has 34 heavy (non-hydrogen) atoms. The molecular formula is C25H28N2O7. The van der Waals surface area contributed by atoms with Gasteiger partial charge in [0.1, 0.15) is 12.6 Å². The number of carboxylic acids is 1. The molecule has 9 heteroatoms. The third kappa shape index (κ3) is 5.72. The smallest absolute Gasteiger partial charge is 0.407 e. The summed E-state index contributed by atoms with van der Waals surface area (Å²) < 4.78 is 9.93. The maximum absolute atomic E-state index is 12.5. The van der Waals surface area contributed by atoms with Crippen molar-refractivity contribution in [2.75, 3.05) is 20.3 Å². The molecule has 180 valence electrons. The second-order valence-electron chi connectivity index (χ2n) is 7.99. The first-order chi connectivity index (χ1) is 16.3. The molecule has 3 rings (SSSR count). The molecule has 0 heterocycles. The van der Waals surface area contributed by atoms with Crippen molar-refractivity contribution in [2.45, 2.75) is 31.7 Å². The lowest BCUT2D eigenvalue weighted by atomic mass is 9.98. The lowest BCUT2D eigenvalue weighted by molar-refractivity contribution is -0.149. The number of rotatable bonds is 10. The van der Waals surface area contributed by atoms with Crippen LogP contribution in [-0.2, 0) is 23.9 Å². The summed E-state index contributed by atoms with van der Waals surface area (Å²) in [5.74, 6) is -3.47. The molecule has 2 aromatic rings. The van der Waals surface area contributed by atoms with Gasteiger partial charge in [-0.1, -0.05) is 55.5 Å². The molecule has 2 aromatic carbocycles. The van der Waals surface area contributed by atoms with Crippen molar-refractivity contribution in [3.8, 4) is 11.1 Å². The van der Waals surface area contributed by atoms with Crippen molar-refractivity contribution in [1.29, 1.82) is 0 Å². The van der Waals surface area contributed by atoms with Gasteiger partial charge in [-0.15, -0.1) is 0 Å². The number of amides is 2. The minimum Gasteiger partial charge on any atom is -0.480 e. The third-order valence-corrected chi connectivity index (χ3v) is 5.91. The Balaban J connectivity index is 1.54. The number of hydrogen-bond acceptors (Lipinski definition) is 6. The lowest BCUT2D eigenvalue weighted by Gasteiger charge is -2.20. The van der Waals surface area contributed by atoms with Crippen LogP contribution in [0.5, 0.6) is 0 Å². The van der Waals surface area contributed by atoms with Gasteiger partial charge in [0, 0.05) is 12.5 Å². The molecule has 0 aliphatic heterocycles. The Kier molecular flexibility index (Phi) is 8.24. The zero-order valence-corrected chi connectivity index (χ0v) is 19.1. The highest BCUT2D eigenvalue weighted by molar-refractivity contribution is 5.88. The summed E-state index contributed by atoms with van der Waals surface area (Å²) in [6, 6.07) is 14.6. The number of nitrogens with one attached hydrogen (secondary N) is 2. The highest BCUT2D eigenvalue weighted by Crippen LogP contribution is 2.44. The van der Waals surface area contributed by atoms with Crippen LogP contribution < -0.4 is 10.6 Å². The van der Waals surface area contributed by atoms with E-state index in [0.717, 1.165) is 29.4 Å². The Bertz CT molecular complexity index is 1020. The van der Waals surface area contributed by atoms with Crippen LogP contribution in [0.1, 0.15) is 36.8 Å². The number of benzene rings is 2. The van der Waals surface area contributed by atoms with E-state index in [2.05, 4.69) is 15.4 Å². The SMILES string of the molecule is CCC(CNC(=O)OCC1c2ccccc2-c2ccccc21)C(=O)N[C@@H](CC(=O)OC)C(=O)O. The Hall–Kier alpha value is -3.88. The zero-order chi connectivity index (χ0) is 24.7. The second kappa shape index (κ2) is 11.3. The minimum absolute atomic E-state index is 0.0381. The van der Waals surface area contributed by atoms with Crippen molar-refractivity contribution < 1.29 is 33.8 Å². The number of hydrogen-bond donors (Lipinski definition) is 3. The van der Waals surface area contributed by atoms with Crippen LogP contribution in [0.4, 0.5) is 4.79 Å². The van der Waals surface area contributed by atoms with Crippen molar-refractivity contribution in [2.24, 2.45) is 5.92 Å². The minimum atomic E-state index is -1.41. The monoisotopic (exact) mass is 468 g/mol. The largest absolute Gasteiger partial charge is 0.480 e. The molecule has 0 bridgehead atoms. The van der Waals surface area contributed by atoms with Gasteiger partial charge in [0.15, 0.2) is 0 Å². The summed E-state index contributed by atoms with van der Waals surface area (Å²) >= 11 is 0. The van der Waals surface area contributed by atoms with Crippen LogP contribution >= 0.6 is 0 Å². The third-order valence-electron chi connectivity index (χ3n) is 5.91. The fourth-order valence-electron chi connectivity index (χ4n) is 4.02. The van der Waals surface area contributed by atoms with Crippen LogP contribution in [0.3, 0.4) is 0 Å². The predicted molar refractivity (Wildman–Crippen MR) is 123 cm³/mol. The van der Waals surface area contributed by atoms with Crippen molar-refractivity contribution in [1.82, 2.24) is 10.6 Å². The Morgan fingerprint density at radius 1 is 1.00 bits per heavy atom. The summed E-state index contributed by atoms with van der Waals surface area (Å²) in [4.78, 5) is 47.6. The normalized spacial score (nSPS) is 13.7. The van der Waals surface area contributed by atoms with Gasteiger partial charge in [-0.3, -0.25) is 9.59 Å². The number of ether oxygens (including phenoxy) is 2. The van der Waals surface area contributed by atoms with Crippen LogP contribution in [0.2, 0.25) is 0 Å². The molecule has 2 amide bonds. The maximum Gasteiger partial charge on any atom is 0.407 e. The van der Waals surface area contributed by atoms with Gasteiger partial charge in [0.2, 0.25) is 5.91 Å². The van der Waals surface area contributed by atoms with Crippen LogP contribution in [-0.4, -0.2) is 55.3 Å². The number of alkyl carbamates (subject to hydrolysis) is 1.